The standard InChI is InChI=1S/C16H17F2N5O2/c1-9-3-4-10(13(18)12(9)17)15(24)19-6-5-11-20-21-14-16(25)22(2)7-8-23(11)14/h3-4H,5-8H2,1-2H3,(H,19,24). The third-order valence-corrected chi connectivity index (χ3v) is 4.18. The number of rotatable bonds is 4. The van der Waals surface area contributed by atoms with Crippen molar-refractivity contribution in [1.29, 1.82) is 0 Å². The summed E-state index contributed by atoms with van der Waals surface area (Å²) in [4.78, 5) is 25.5. The number of carbonyl (C=O) groups is 2. The molecule has 9 heteroatoms. The van der Waals surface area contributed by atoms with Gasteiger partial charge in [0.2, 0.25) is 5.82 Å². The lowest BCUT2D eigenvalue weighted by Gasteiger charge is -2.23. The van der Waals surface area contributed by atoms with E-state index in [0.717, 1.165) is 0 Å². The predicted molar refractivity (Wildman–Crippen MR) is 84.1 cm³/mol. The Hall–Kier alpha value is -2.84. The number of halogens is 2. The molecule has 3 rings (SSSR count). The molecular formula is C16H17F2N5O2. The first-order valence-corrected chi connectivity index (χ1v) is 7.80. The first-order valence-electron chi connectivity index (χ1n) is 7.80. The van der Waals surface area contributed by atoms with E-state index in [1.54, 1.807) is 16.5 Å². The van der Waals surface area contributed by atoms with Crippen LogP contribution in [0, 0.1) is 18.6 Å². The zero-order chi connectivity index (χ0) is 18.1. The van der Waals surface area contributed by atoms with E-state index >= 15 is 0 Å². The maximum Gasteiger partial charge on any atom is 0.291 e. The average Bonchev–Trinajstić information content (AvgIpc) is 3.00. The van der Waals surface area contributed by atoms with Crippen LogP contribution in [0.25, 0.3) is 0 Å². The molecule has 0 bridgehead atoms. The normalized spacial score (nSPS) is 13.8. The topological polar surface area (TPSA) is 80.1 Å². The van der Waals surface area contributed by atoms with Crippen LogP contribution in [0.15, 0.2) is 12.1 Å². The fourth-order valence-electron chi connectivity index (χ4n) is 2.64. The fourth-order valence-corrected chi connectivity index (χ4v) is 2.64. The number of nitrogens with zero attached hydrogens (tertiary/aromatic N) is 4. The molecule has 1 aromatic heterocycles. The number of aromatic nitrogens is 3. The number of benzene rings is 1. The summed E-state index contributed by atoms with van der Waals surface area (Å²) in [6, 6.07) is 2.60. The van der Waals surface area contributed by atoms with E-state index < -0.39 is 17.5 Å². The van der Waals surface area contributed by atoms with Crippen LogP contribution in [0.4, 0.5) is 8.78 Å². The van der Waals surface area contributed by atoms with Crippen LogP contribution in [0.2, 0.25) is 0 Å². The molecule has 0 aliphatic carbocycles. The van der Waals surface area contributed by atoms with Gasteiger partial charge >= 0.3 is 0 Å². The van der Waals surface area contributed by atoms with E-state index in [1.165, 1.54) is 19.1 Å². The van der Waals surface area contributed by atoms with E-state index in [1.807, 2.05) is 0 Å². The first-order chi connectivity index (χ1) is 11.9. The Morgan fingerprint density at radius 3 is 2.76 bits per heavy atom. The Balaban J connectivity index is 1.65. The van der Waals surface area contributed by atoms with Crippen LogP contribution in [-0.2, 0) is 13.0 Å². The number of aryl methyl sites for hydroxylation is 1. The van der Waals surface area contributed by atoms with Crippen molar-refractivity contribution in [3.63, 3.8) is 0 Å². The maximum atomic E-state index is 13.8. The SMILES string of the molecule is Cc1ccc(C(=O)NCCc2nnc3n2CCN(C)C3=O)c(F)c1F. The molecule has 0 atom stereocenters. The van der Waals surface area contributed by atoms with Crippen LogP contribution in [0.3, 0.4) is 0 Å². The first kappa shape index (κ1) is 17.0. The van der Waals surface area contributed by atoms with Crippen LogP contribution in [0.5, 0.6) is 0 Å². The van der Waals surface area contributed by atoms with Gasteiger partial charge in [-0.25, -0.2) is 8.78 Å². The smallest absolute Gasteiger partial charge is 0.291 e. The molecule has 2 aromatic rings. The number of fused-ring (bicyclic) bond motifs is 1. The summed E-state index contributed by atoms with van der Waals surface area (Å²) in [6.45, 7) is 2.71. The number of nitrogens with one attached hydrogen (secondary N) is 1. The second-order valence-electron chi connectivity index (χ2n) is 5.88. The van der Waals surface area contributed by atoms with Crippen LogP contribution in [-0.4, -0.2) is 51.6 Å². The number of amides is 2. The number of carbonyl (C=O) groups excluding carboxylic acids is 2. The predicted octanol–water partition coefficient (Wildman–Crippen LogP) is 0.923. The van der Waals surface area contributed by atoms with Crippen LogP contribution >= 0.6 is 0 Å². The quantitative estimate of drug-likeness (QED) is 0.890. The van der Waals surface area contributed by atoms with Gasteiger partial charge in [0.05, 0.1) is 5.56 Å². The second-order valence-corrected chi connectivity index (χ2v) is 5.88. The Bertz CT molecular complexity index is 849. The highest BCUT2D eigenvalue weighted by molar-refractivity contribution is 5.94. The third kappa shape index (κ3) is 3.09. The molecule has 0 spiro atoms. The molecule has 132 valence electrons. The Morgan fingerprint density at radius 2 is 2.00 bits per heavy atom. The summed E-state index contributed by atoms with van der Waals surface area (Å²) in [5.41, 5.74) is -0.207. The molecule has 1 aliphatic rings. The monoisotopic (exact) mass is 349 g/mol. The summed E-state index contributed by atoms with van der Waals surface area (Å²) in [6.07, 6.45) is 0.325. The van der Waals surface area contributed by atoms with Crippen LogP contribution < -0.4 is 5.32 Å². The van der Waals surface area contributed by atoms with Gasteiger partial charge in [-0.15, -0.1) is 10.2 Å². The Labute approximate surface area is 142 Å². The number of likely N-dealkylation sites (N-methyl/N-ethyl adjacent to an activating group) is 1. The van der Waals surface area contributed by atoms with Crippen molar-refractivity contribution in [1.82, 2.24) is 25.0 Å². The average molecular weight is 349 g/mol. The van der Waals surface area contributed by atoms with Gasteiger partial charge in [-0.05, 0) is 18.6 Å². The van der Waals surface area contributed by atoms with Crippen molar-refractivity contribution in [2.45, 2.75) is 19.9 Å². The molecule has 25 heavy (non-hydrogen) atoms. The van der Waals surface area contributed by atoms with Crippen molar-refractivity contribution in [3.8, 4) is 0 Å². The zero-order valence-corrected chi connectivity index (χ0v) is 13.8. The van der Waals surface area contributed by atoms with Gasteiger partial charge in [0.15, 0.2) is 11.6 Å². The number of hydrogen-bond acceptors (Lipinski definition) is 4. The summed E-state index contributed by atoms with van der Waals surface area (Å²) < 4.78 is 29.1. The van der Waals surface area contributed by atoms with Gasteiger partial charge in [-0.2, -0.15) is 0 Å². The summed E-state index contributed by atoms with van der Waals surface area (Å²) in [7, 11) is 1.69. The van der Waals surface area contributed by atoms with Gasteiger partial charge < -0.3 is 14.8 Å². The molecule has 0 fully saturated rings. The van der Waals surface area contributed by atoms with E-state index in [2.05, 4.69) is 15.5 Å². The third-order valence-electron chi connectivity index (χ3n) is 4.18. The van der Waals surface area contributed by atoms with Gasteiger partial charge in [-0.3, -0.25) is 9.59 Å². The van der Waals surface area contributed by atoms with Crippen molar-refractivity contribution in [2.75, 3.05) is 20.1 Å². The Kier molecular flexibility index (Phi) is 4.47. The van der Waals surface area contributed by atoms with Crippen molar-refractivity contribution >= 4 is 11.8 Å². The van der Waals surface area contributed by atoms with Gasteiger partial charge in [0, 0.05) is 33.1 Å². The van der Waals surface area contributed by atoms with Crippen LogP contribution in [0.1, 0.15) is 32.4 Å². The van der Waals surface area contributed by atoms with E-state index in [9.17, 15) is 18.4 Å². The second kappa shape index (κ2) is 6.58. The maximum absolute atomic E-state index is 13.8. The lowest BCUT2D eigenvalue weighted by Crippen LogP contribution is -2.38. The molecule has 0 saturated heterocycles. The molecule has 1 N–H and O–H groups in total. The van der Waals surface area contributed by atoms with Gasteiger partial charge in [0.1, 0.15) is 5.82 Å². The molecule has 7 nitrogen and oxygen atoms in total. The van der Waals surface area contributed by atoms with Crippen molar-refractivity contribution in [3.05, 3.63) is 46.5 Å². The fraction of sp³-hybridized carbons (Fsp3) is 0.375. The summed E-state index contributed by atoms with van der Waals surface area (Å²) >= 11 is 0. The Morgan fingerprint density at radius 1 is 1.24 bits per heavy atom. The van der Waals surface area contributed by atoms with Gasteiger partial charge in [0.25, 0.3) is 11.8 Å². The van der Waals surface area contributed by atoms with E-state index in [0.29, 0.717) is 25.3 Å². The summed E-state index contributed by atoms with van der Waals surface area (Å²) in [5, 5.41) is 10.4. The number of hydrogen-bond donors (Lipinski definition) is 1. The largest absolute Gasteiger partial charge is 0.351 e. The molecule has 1 aromatic carbocycles. The lowest BCUT2D eigenvalue weighted by molar-refractivity contribution is 0.0739. The minimum Gasteiger partial charge on any atom is -0.351 e. The highest BCUT2D eigenvalue weighted by Gasteiger charge is 2.26. The molecule has 1 aliphatic heterocycles. The summed E-state index contributed by atoms with van der Waals surface area (Å²) in [5.74, 6) is -2.27. The minimum atomic E-state index is -1.16. The van der Waals surface area contributed by atoms with E-state index in [-0.39, 0.29) is 29.4 Å². The molecular weight excluding hydrogens is 332 g/mol. The molecule has 0 radical (unpaired) electrons. The highest BCUT2D eigenvalue weighted by atomic mass is 19.2. The molecule has 2 amide bonds. The van der Waals surface area contributed by atoms with E-state index in [4.69, 9.17) is 0 Å². The van der Waals surface area contributed by atoms with Crippen molar-refractivity contribution in [2.24, 2.45) is 0 Å². The minimum absolute atomic E-state index is 0.138. The van der Waals surface area contributed by atoms with Gasteiger partial charge in [-0.1, -0.05) is 6.07 Å². The lowest BCUT2D eigenvalue weighted by atomic mass is 10.1. The van der Waals surface area contributed by atoms with Crippen molar-refractivity contribution < 1.29 is 18.4 Å². The molecule has 2 heterocycles. The molecule has 0 unspecified atom stereocenters. The zero-order valence-electron chi connectivity index (χ0n) is 13.8. The highest BCUT2D eigenvalue weighted by Crippen LogP contribution is 2.15. The molecule has 0 saturated carbocycles.